The Morgan fingerprint density at radius 2 is 2.06 bits per heavy atom. The molecule has 0 saturated carbocycles. The lowest BCUT2D eigenvalue weighted by Gasteiger charge is -2.23. The first-order valence-electron chi connectivity index (χ1n) is 6.55. The summed E-state index contributed by atoms with van der Waals surface area (Å²) >= 11 is 0. The van der Waals surface area contributed by atoms with E-state index >= 15 is 0 Å². The lowest BCUT2D eigenvalue weighted by Crippen LogP contribution is -2.32. The molecule has 0 aliphatic carbocycles. The minimum atomic E-state index is 0.290. The van der Waals surface area contributed by atoms with Crippen molar-refractivity contribution in [3.63, 3.8) is 0 Å². The van der Waals surface area contributed by atoms with Crippen molar-refractivity contribution in [1.82, 2.24) is 0 Å². The van der Waals surface area contributed by atoms with Gasteiger partial charge in [0.05, 0.1) is 12.2 Å². The van der Waals surface area contributed by atoms with Crippen LogP contribution in [0.5, 0.6) is 0 Å². The molecular formula is C14H20N2O. The summed E-state index contributed by atoms with van der Waals surface area (Å²) in [7, 11) is 0. The van der Waals surface area contributed by atoms with Gasteiger partial charge in [0.15, 0.2) is 0 Å². The summed E-state index contributed by atoms with van der Waals surface area (Å²) in [4.78, 5) is 2.46. The van der Waals surface area contributed by atoms with Gasteiger partial charge < -0.3 is 15.4 Å². The normalized spacial score (nSPS) is 27.5. The van der Waals surface area contributed by atoms with Crippen LogP contribution in [0.3, 0.4) is 0 Å². The van der Waals surface area contributed by atoms with Crippen molar-refractivity contribution in [3.8, 4) is 0 Å². The van der Waals surface area contributed by atoms with Gasteiger partial charge in [-0.1, -0.05) is 18.2 Å². The van der Waals surface area contributed by atoms with E-state index in [-0.39, 0.29) is 6.10 Å². The van der Waals surface area contributed by atoms with Gasteiger partial charge in [0, 0.05) is 25.3 Å². The summed E-state index contributed by atoms with van der Waals surface area (Å²) in [5.41, 5.74) is 8.51. The number of anilines is 1. The fourth-order valence-corrected chi connectivity index (χ4v) is 2.93. The molecule has 3 nitrogen and oxygen atoms in total. The van der Waals surface area contributed by atoms with E-state index in [9.17, 15) is 0 Å². The monoisotopic (exact) mass is 232 g/mol. The number of hydrogen-bond donors (Lipinski definition) is 1. The van der Waals surface area contributed by atoms with Gasteiger partial charge in [-0.15, -0.1) is 0 Å². The van der Waals surface area contributed by atoms with E-state index in [4.69, 9.17) is 10.5 Å². The molecule has 1 aromatic carbocycles. The Kier molecular flexibility index (Phi) is 3.04. The molecule has 3 heteroatoms. The van der Waals surface area contributed by atoms with Crippen molar-refractivity contribution in [2.45, 2.75) is 31.5 Å². The molecule has 0 amide bonds. The van der Waals surface area contributed by atoms with Crippen LogP contribution in [-0.2, 0) is 11.2 Å². The highest BCUT2D eigenvalue weighted by Gasteiger charge is 2.28. The van der Waals surface area contributed by atoms with E-state index in [1.54, 1.807) is 0 Å². The van der Waals surface area contributed by atoms with Crippen molar-refractivity contribution < 1.29 is 4.74 Å². The molecule has 2 atom stereocenters. The molecule has 1 aromatic rings. The Morgan fingerprint density at radius 3 is 2.88 bits per heavy atom. The van der Waals surface area contributed by atoms with Crippen LogP contribution in [0.2, 0.25) is 0 Å². The number of fused-ring (bicyclic) bond motifs is 1. The standard InChI is InChI=1S/C14H20N2O/c15-9-12-5-6-13(17-12)10-16-8-7-11-3-1-2-4-14(11)16/h1-4,12-13H,5-10,15H2. The average Bonchev–Trinajstić information content (AvgIpc) is 2.97. The molecule has 2 heterocycles. The molecule has 3 rings (SSSR count). The second-order valence-corrected chi connectivity index (χ2v) is 5.02. The third-order valence-electron chi connectivity index (χ3n) is 3.87. The molecule has 1 fully saturated rings. The van der Waals surface area contributed by atoms with E-state index in [0.29, 0.717) is 12.6 Å². The number of nitrogens with two attached hydrogens (primary N) is 1. The minimum absolute atomic E-state index is 0.290. The van der Waals surface area contributed by atoms with Gasteiger partial charge in [0.1, 0.15) is 0 Å². The summed E-state index contributed by atoms with van der Waals surface area (Å²) in [5.74, 6) is 0. The molecule has 0 aromatic heterocycles. The maximum atomic E-state index is 5.92. The smallest absolute Gasteiger partial charge is 0.0755 e. The van der Waals surface area contributed by atoms with Crippen LogP contribution in [0, 0.1) is 0 Å². The highest BCUT2D eigenvalue weighted by atomic mass is 16.5. The second kappa shape index (κ2) is 4.67. The Hall–Kier alpha value is -1.06. The van der Waals surface area contributed by atoms with Crippen LogP contribution in [-0.4, -0.2) is 31.8 Å². The zero-order chi connectivity index (χ0) is 11.7. The van der Waals surface area contributed by atoms with Gasteiger partial charge >= 0.3 is 0 Å². The van der Waals surface area contributed by atoms with E-state index in [0.717, 1.165) is 25.9 Å². The quantitative estimate of drug-likeness (QED) is 0.859. The molecule has 2 aliphatic heterocycles. The zero-order valence-corrected chi connectivity index (χ0v) is 10.1. The predicted octanol–water partition coefficient (Wildman–Crippen LogP) is 1.56. The van der Waals surface area contributed by atoms with Gasteiger partial charge in [-0.25, -0.2) is 0 Å². The van der Waals surface area contributed by atoms with Crippen LogP contribution >= 0.6 is 0 Å². The molecule has 2 unspecified atom stereocenters. The first-order chi connectivity index (χ1) is 8.36. The topological polar surface area (TPSA) is 38.5 Å². The third kappa shape index (κ3) is 2.17. The van der Waals surface area contributed by atoms with Gasteiger partial charge in [0.2, 0.25) is 0 Å². The largest absolute Gasteiger partial charge is 0.372 e. The van der Waals surface area contributed by atoms with Gasteiger partial charge in [-0.3, -0.25) is 0 Å². The molecule has 1 saturated heterocycles. The lowest BCUT2D eigenvalue weighted by molar-refractivity contribution is 0.0545. The van der Waals surface area contributed by atoms with Crippen LogP contribution in [0.1, 0.15) is 18.4 Å². The number of rotatable bonds is 3. The molecule has 0 radical (unpaired) electrons. The van der Waals surface area contributed by atoms with E-state index in [1.165, 1.54) is 17.7 Å². The SMILES string of the molecule is NCC1CCC(CN2CCc3ccccc32)O1. The lowest BCUT2D eigenvalue weighted by atomic mass is 10.1. The number of nitrogens with zero attached hydrogens (tertiary/aromatic N) is 1. The molecule has 0 spiro atoms. The average molecular weight is 232 g/mol. The predicted molar refractivity (Wildman–Crippen MR) is 69.3 cm³/mol. The molecule has 0 bridgehead atoms. The van der Waals surface area contributed by atoms with E-state index < -0.39 is 0 Å². The van der Waals surface area contributed by atoms with Gasteiger partial charge in [0.25, 0.3) is 0 Å². The summed E-state index contributed by atoms with van der Waals surface area (Å²) in [6, 6.07) is 8.69. The molecule has 2 N–H and O–H groups in total. The van der Waals surface area contributed by atoms with Crippen molar-refractivity contribution in [2.24, 2.45) is 5.73 Å². The van der Waals surface area contributed by atoms with Crippen LogP contribution in [0.15, 0.2) is 24.3 Å². The minimum Gasteiger partial charge on any atom is -0.372 e. The first kappa shape index (κ1) is 11.1. The molecule has 17 heavy (non-hydrogen) atoms. The maximum absolute atomic E-state index is 5.92. The highest BCUT2D eigenvalue weighted by molar-refractivity contribution is 5.57. The second-order valence-electron chi connectivity index (χ2n) is 5.02. The molecule has 2 aliphatic rings. The summed E-state index contributed by atoms with van der Waals surface area (Å²) in [6.45, 7) is 2.81. The number of ether oxygens (including phenoxy) is 1. The summed E-state index contributed by atoms with van der Waals surface area (Å²) < 4.78 is 5.92. The number of para-hydroxylation sites is 1. The summed E-state index contributed by atoms with van der Waals surface area (Å²) in [6.07, 6.45) is 4.10. The van der Waals surface area contributed by atoms with E-state index in [1.807, 2.05) is 0 Å². The van der Waals surface area contributed by atoms with Crippen LogP contribution in [0.4, 0.5) is 5.69 Å². The number of hydrogen-bond acceptors (Lipinski definition) is 3. The van der Waals surface area contributed by atoms with Gasteiger partial charge in [-0.05, 0) is 30.9 Å². The number of benzene rings is 1. The summed E-state index contributed by atoms with van der Waals surface area (Å²) in [5, 5.41) is 0. The Morgan fingerprint density at radius 1 is 1.24 bits per heavy atom. The maximum Gasteiger partial charge on any atom is 0.0755 e. The fourth-order valence-electron chi connectivity index (χ4n) is 2.93. The Labute approximate surface area is 103 Å². The van der Waals surface area contributed by atoms with Crippen LogP contribution < -0.4 is 10.6 Å². The molecular weight excluding hydrogens is 212 g/mol. The Balaban J connectivity index is 1.64. The first-order valence-corrected chi connectivity index (χ1v) is 6.55. The van der Waals surface area contributed by atoms with Crippen molar-refractivity contribution in [2.75, 3.05) is 24.5 Å². The third-order valence-corrected chi connectivity index (χ3v) is 3.87. The van der Waals surface area contributed by atoms with Crippen LogP contribution in [0.25, 0.3) is 0 Å². The van der Waals surface area contributed by atoms with E-state index in [2.05, 4.69) is 29.2 Å². The van der Waals surface area contributed by atoms with Crippen molar-refractivity contribution >= 4 is 5.69 Å². The van der Waals surface area contributed by atoms with Crippen molar-refractivity contribution in [3.05, 3.63) is 29.8 Å². The zero-order valence-electron chi connectivity index (χ0n) is 10.1. The highest BCUT2D eigenvalue weighted by Crippen LogP contribution is 2.29. The van der Waals surface area contributed by atoms with Gasteiger partial charge in [-0.2, -0.15) is 0 Å². The Bertz CT molecular complexity index is 394. The molecule has 92 valence electrons. The van der Waals surface area contributed by atoms with Crippen molar-refractivity contribution in [1.29, 1.82) is 0 Å². The fraction of sp³-hybridized carbons (Fsp3) is 0.571.